The lowest BCUT2D eigenvalue weighted by molar-refractivity contribution is 0.219. The number of aryl methyl sites for hydroxylation is 1. The summed E-state index contributed by atoms with van der Waals surface area (Å²) in [5, 5.41) is 0. The predicted octanol–water partition coefficient (Wildman–Crippen LogP) is 0.950. The Morgan fingerprint density at radius 2 is 1.96 bits per heavy atom. The fraction of sp³-hybridized carbons (Fsp3) is 0.688. The molecule has 0 aliphatic carbocycles. The van der Waals surface area contributed by atoms with Gasteiger partial charge in [-0.05, 0) is 37.3 Å². The topological polar surface area (TPSA) is 56.8 Å². The van der Waals surface area contributed by atoms with Crippen LogP contribution < -0.4 is 0 Å². The van der Waals surface area contributed by atoms with Crippen LogP contribution in [0.15, 0.2) is 18.2 Å². The Labute approximate surface area is 139 Å². The average Bonchev–Trinajstić information content (AvgIpc) is 2.88. The van der Waals surface area contributed by atoms with Gasteiger partial charge in [0.25, 0.3) is 10.2 Å². The Bertz CT molecular complexity index is 662. The van der Waals surface area contributed by atoms with Gasteiger partial charge >= 0.3 is 0 Å². The van der Waals surface area contributed by atoms with Crippen molar-refractivity contribution in [1.29, 1.82) is 0 Å². The molecule has 0 unspecified atom stereocenters. The fourth-order valence-corrected chi connectivity index (χ4v) is 4.90. The summed E-state index contributed by atoms with van der Waals surface area (Å²) in [7, 11) is -0.0789. The predicted molar refractivity (Wildman–Crippen MR) is 90.0 cm³/mol. The van der Waals surface area contributed by atoms with Crippen molar-refractivity contribution in [3.63, 3.8) is 0 Å². The molecular formula is C16H26N4O2S. The summed E-state index contributed by atoms with van der Waals surface area (Å²) in [5.74, 6) is 1.04. The van der Waals surface area contributed by atoms with Crippen LogP contribution >= 0.6 is 0 Å². The second-order valence-corrected chi connectivity index (χ2v) is 9.06. The number of hydrogen-bond donors (Lipinski definition) is 0. The molecule has 7 heteroatoms. The summed E-state index contributed by atoms with van der Waals surface area (Å²) in [6.45, 7) is 6.16. The zero-order valence-corrected chi connectivity index (χ0v) is 15.0. The molecule has 2 fully saturated rings. The molecule has 2 aliphatic rings. The first kappa shape index (κ1) is 16.8. The van der Waals surface area contributed by atoms with Crippen molar-refractivity contribution < 1.29 is 8.42 Å². The van der Waals surface area contributed by atoms with Crippen LogP contribution in [-0.4, -0.2) is 67.2 Å². The van der Waals surface area contributed by atoms with Gasteiger partial charge in [0.1, 0.15) is 0 Å². The normalized spacial score (nSPS) is 26.6. The smallest absolute Gasteiger partial charge is 0.281 e. The lowest BCUT2D eigenvalue weighted by atomic mass is 9.90. The quantitative estimate of drug-likeness (QED) is 0.820. The first-order valence-electron chi connectivity index (χ1n) is 8.19. The van der Waals surface area contributed by atoms with E-state index in [2.05, 4.69) is 16.0 Å². The Kier molecular flexibility index (Phi) is 4.73. The van der Waals surface area contributed by atoms with Crippen molar-refractivity contribution in [3.05, 3.63) is 29.6 Å². The number of rotatable bonds is 4. The largest absolute Gasteiger partial charge is 0.297 e. The van der Waals surface area contributed by atoms with Crippen LogP contribution in [-0.2, 0) is 16.8 Å². The fourth-order valence-electron chi connectivity index (χ4n) is 3.72. The molecule has 23 heavy (non-hydrogen) atoms. The molecule has 6 nitrogen and oxygen atoms in total. The van der Waals surface area contributed by atoms with Crippen LogP contribution in [0.2, 0.25) is 0 Å². The molecule has 0 aromatic carbocycles. The van der Waals surface area contributed by atoms with Crippen molar-refractivity contribution in [1.82, 2.24) is 18.5 Å². The molecule has 1 aromatic heterocycles. The van der Waals surface area contributed by atoms with Crippen LogP contribution in [0.25, 0.3) is 0 Å². The Balaban J connectivity index is 1.63. The zero-order valence-electron chi connectivity index (χ0n) is 14.1. The molecule has 0 spiro atoms. The standard InChI is InChI=1S/C16H26N4O2S/c1-13-5-4-6-16(17-13)12-19-9-14-7-8-20(11-15(14)10-19)23(21,22)18(2)3/h4-6,14-15H,7-12H2,1-3H3/t14-,15-/m0/s1. The van der Waals surface area contributed by atoms with Crippen molar-refractivity contribution in [3.8, 4) is 0 Å². The highest BCUT2D eigenvalue weighted by molar-refractivity contribution is 7.86. The summed E-state index contributed by atoms with van der Waals surface area (Å²) in [6.07, 6.45) is 0.954. The van der Waals surface area contributed by atoms with Gasteiger partial charge in [0.2, 0.25) is 0 Å². The number of likely N-dealkylation sites (tertiary alicyclic amines) is 1. The van der Waals surface area contributed by atoms with Crippen molar-refractivity contribution in [2.45, 2.75) is 19.9 Å². The highest BCUT2D eigenvalue weighted by Crippen LogP contribution is 2.33. The molecule has 2 atom stereocenters. The third-order valence-corrected chi connectivity index (χ3v) is 6.87. The molecule has 3 rings (SSSR count). The number of fused-ring (bicyclic) bond motifs is 1. The zero-order chi connectivity index (χ0) is 16.6. The van der Waals surface area contributed by atoms with Crippen molar-refractivity contribution >= 4 is 10.2 Å². The molecular weight excluding hydrogens is 312 g/mol. The Morgan fingerprint density at radius 3 is 2.65 bits per heavy atom. The van der Waals surface area contributed by atoms with E-state index in [-0.39, 0.29) is 0 Å². The minimum atomic E-state index is -3.28. The molecule has 0 bridgehead atoms. The van der Waals surface area contributed by atoms with Gasteiger partial charge in [0.05, 0.1) is 5.69 Å². The van der Waals surface area contributed by atoms with Gasteiger partial charge in [-0.25, -0.2) is 0 Å². The number of hydrogen-bond acceptors (Lipinski definition) is 4. The van der Waals surface area contributed by atoms with Gasteiger partial charge in [-0.15, -0.1) is 0 Å². The Morgan fingerprint density at radius 1 is 1.22 bits per heavy atom. The second kappa shape index (κ2) is 6.47. The van der Waals surface area contributed by atoms with E-state index in [9.17, 15) is 8.42 Å². The van der Waals surface area contributed by atoms with E-state index in [1.165, 1.54) is 4.31 Å². The van der Waals surface area contributed by atoms with E-state index in [4.69, 9.17) is 0 Å². The van der Waals surface area contributed by atoms with Gasteiger partial charge in [0, 0.05) is 52.5 Å². The van der Waals surface area contributed by atoms with E-state index >= 15 is 0 Å². The summed E-state index contributed by atoms with van der Waals surface area (Å²) < 4.78 is 27.6. The maximum Gasteiger partial charge on any atom is 0.281 e. The van der Waals surface area contributed by atoms with Gasteiger partial charge < -0.3 is 0 Å². The van der Waals surface area contributed by atoms with Gasteiger partial charge in [-0.1, -0.05) is 6.07 Å². The highest BCUT2D eigenvalue weighted by Gasteiger charge is 2.40. The van der Waals surface area contributed by atoms with Crippen LogP contribution in [0.4, 0.5) is 0 Å². The lowest BCUT2D eigenvalue weighted by Gasteiger charge is -2.34. The number of piperidine rings is 1. The second-order valence-electron chi connectivity index (χ2n) is 6.92. The van der Waals surface area contributed by atoms with Crippen LogP contribution in [0, 0.1) is 18.8 Å². The molecule has 2 aliphatic heterocycles. The first-order chi connectivity index (χ1) is 10.9. The van der Waals surface area contributed by atoms with E-state index in [1.54, 1.807) is 18.4 Å². The molecule has 0 radical (unpaired) electrons. The van der Waals surface area contributed by atoms with Gasteiger partial charge in [0.15, 0.2) is 0 Å². The lowest BCUT2D eigenvalue weighted by Crippen LogP contribution is -2.47. The molecule has 128 valence electrons. The summed E-state index contributed by atoms with van der Waals surface area (Å²) in [5.41, 5.74) is 2.14. The maximum atomic E-state index is 12.3. The molecule has 0 saturated carbocycles. The molecule has 3 heterocycles. The van der Waals surface area contributed by atoms with Crippen LogP contribution in [0.3, 0.4) is 0 Å². The highest BCUT2D eigenvalue weighted by atomic mass is 32.2. The minimum absolute atomic E-state index is 0.434. The van der Waals surface area contributed by atoms with Crippen molar-refractivity contribution in [2.75, 3.05) is 40.3 Å². The van der Waals surface area contributed by atoms with Crippen LogP contribution in [0.5, 0.6) is 0 Å². The third kappa shape index (κ3) is 3.57. The molecule has 2 saturated heterocycles. The Hall–Kier alpha value is -1.02. The summed E-state index contributed by atoms with van der Waals surface area (Å²) >= 11 is 0. The van der Waals surface area contributed by atoms with E-state index in [0.717, 1.165) is 37.4 Å². The average molecular weight is 338 g/mol. The number of pyridine rings is 1. The number of aromatic nitrogens is 1. The summed E-state index contributed by atoms with van der Waals surface area (Å²) in [6, 6.07) is 6.13. The van der Waals surface area contributed by atoms with Crippen LogP contribution in [0.1, 0.15) is 17.8 Å². The number of nitrogens with zero attached hydrogens (tertiary/aromatic N) is 4. The van der Waals surface area contributed by atoms with Gasteiger partial charge in [-0.2, -0.15) is 17.0 Å². The maximum absolute atomic E-state index is 12.3. The summed E-state index contributed by atoms with van der Waals surface area (Å²) in [4.78, 5) is 7.00. The van der Waals surface area contributed by atoms with Gasteiger partial charge in [-0.3, -0.25) is 9.88 Å². The molecule has 1 aromatic rings. The van der Waals surface area contributed by atoms with E-state index in [1.807, 2.05) is 19.1 Å². The molecule has 0 amide bonds. The monoisotopic (exact) mass is 338 g/mol. The van der Waals surface area contributed by atoms with Crippen molar-refractivity contribution in [2.24, 2.45) is 11.8 Å². The first-order valence-corrected chi connectivity index (χ1v) is 9.58. The minimum Gasteiger partial charge on any atom is -0.297 e. The third-order valence-electron chi connectivity index (χ3n) is 4.96. The SMILES string of the molecule is Cc1cccc(CN2C[C@@H]3CCN(S(=O)(=O)N(C)C)C[C@@H]3C2)n1. The van der Waals surface area contributed by atoms with E-state index < -0.39 is 10.2 Å². The molecule has 0 N–H and O–H groups in total. The van der Waals surface area contributed by atoms with E-state index in [0.29, 0.717) is 24.9 Å².